The van der Waals surface area contributed by atoms with E-state index in [1.54, 1.807) is 12.1 Å². The van der Waals surface area contributed by atoms with Gasteiger partial charge in [0.15, 0.2) is 0 Å². The Balaban J connectivity index is 2.33. The molecule has 0 aromatic heterocycles. The van der Waals surface area contributed by atoms with Gasteiger partial charge in [-0.1, -0.05) is 26.0 Å². The van der Waals surface area contributed by atoms with Gasteiger partial charge < -0.3 is 5.32 Å². The van der Waals surface area contributed by atoms with Gasteiger partial charge in [-0.2, -0.15) is 0 Å². The Kier molecular flexibility index (Phi) is 5.79. The minimum atomic E-state index is -3.61. The number of carbonyl (C=O) groups excluding carboxylic acids is 1. The lowest BCUT2D eigenvalue weighted by Gasteiger charge is -2.11. The molecular formula is C17H19BrN2O3S. The van der Waals surface area contributed by atoms with Crippen LogP contribution in [0.1, 0.15) is 35.7 Å². The van der Waals surface area contributed by atoms with E-state index in [4.69, 9.17) is 0 Å². The maximum Gasteiger partial charge on any atom is 0.256 e. The molecular weight excluding hydrogens is 392 g/mol. The van der Waals surface area contributed by atoms with Crippen molar-refractivity contribution in [2.24, 2.45) is 0 Å². The van der Waals surface area contributed by atoms with E-state index in [1.165, 1.54) is 19.2 Å². The molecule has 0 aliphatic heterocycles. The van der Waals surface area contributed by atoms with Crippen molar-refractivity contribution in [3.8, 4) is 0 Å². The van der Waals surface area contributed by atoms with Crippen LogP contribution in [0.5, 0.6) is 0 Å². The van der Waals surface area contributed by atoms with Crippen LogP contribution in [-0.2, 0) is 10.0 Å². The molecule has 5 nitrogen and oxygen atoms in total. The van der Waals surface area contributed by atoms with Gasteiger partial charge in [-0.05, 0) is 64.8 Å². The highest BCUT2D eigenvalue weighted by molar-refractivity contribution is 9.10. The zero-order chi connectivity index (χ0) is 17.9. The minimum Gasteiger partial charge on any atom is -0.322 e. The molecule has 0 saturated carbocycles. The number of hydrogen-bond acceptors (Lipinski definition) is 3. The van der Waals surface area contributed by atoms with Crippen molar-refractivity contribution in [1.29, 1.82) is 0 Å². The first kappa shape index (κ1) is 18.6. The molecule has 2 rings (SSSR count). The molecule has 2 aromatic carbocycles. The van der Waals surface area contributed by atoms with E-state index >= 15 is 0 Å². The maximum atomic E-state index is 12.5. The summed E-state index contributed by atoms with van der Waals surface area (Å²) in [5, 5.41) is 2.81. The van der Waals surface area contributed by atoms with Crippen LogP contribution >= 0.6 is 15.9 Å². The Hall–Kier alpha value is -1.70. The Morgan fingerprint density at radius 2 is 1.83 bits per heavy atom. The molecule has 2 N–H and O–H groups in total. The molecule has 0 aliphatic rings. The first-order valence-corrected chi connectivity index (χ1v) is 9.66. The van der Waals surface area contributed by atoms with Gasteiger partial charge in [-0.25, -0.2) is 13.1 Å². The fourth-order valence-corrected chi connectivity index (χ4v) is 3.32. The Bertz CT molecular complexity index is 864. The second-order valence-electron chi connectivity index (χ2n) is 5.58. The first-order valence-electron chi connectivity index (χ1n) is 7.39. The molecule has 0 unspecified atom stereocenters. The second-order valence-corrected chi connectivity index (χ2v) is 8.32. The lowest BCUT2D eigenvalue weighted by molar-refractivity contribution is 0.102. The Morgan fingerprint density at radius 1 is 1.12 bits per heavy atom. The molecule has 0 heterocycles. The smallest absolute Gasteiger partial charge is 0.256 e. The van der Waals surface area contributed by atoms with E-state index in [1.807, 2.05) is 18.2 Å². The standard InChI is InChI=1S/C17H19BrN2O3S/c1-11(2)12-5-4-6-13(9-12)20-17(21)15-10-14(7-8-16(15)18)24(22,23)19-3/h4-11,19H,1-3H3,(H,20,21). The number of carbonyl (C=O) groups is 1. The van der Waals surface area contributed by atoms with Crippen molar-refractivity contribution >= 4 is 37.5 Å². The third-order valence-corrected chi connectivity index (χ3v) is 5.68. The van der Waals surface area contributed by atoms with Crippen LogP contribution < -0.4 is 10.0 Å². The van der Waals surface area contributed by atoms with E-state index < -0.39 is 10.0 Å². The molecule has 24 heavy (non-hydrogen) atoms. The predicted octanol–water partition coefficient (Wildman–Crippen LogP) is 3.73. The largest absolute Gasteiger partial charge is 0.322 e. The van der Waals surface area contributed by atoms with Gasteiger partial charge >= 0.3 is 0 Å². The highest BCUT2D eigenvalue weighted by Crippen LogP contribution is 2.23. The molecule has 0 aliphatic carbocycles. The minimum absolute atomic E-state index is 0.0364. The van der Waals surface area contributed by atoms with Gasteiger partial charge in [-0.3, -0.25) is 4.79 Å². The summed E-state index contributed by atoms with van der Waals surface area (Å²) in [7, 11) is -2.28. The number of halogens is 1. The second kappa shape index (κ2) is 7.46. The number of sulfonamides is 1. The van der Waals surface area contributed by atoms with Crippen LogP contribution in [0.4, 0.5) is 5.69 Å². The van der Waals surface area contributed by atoms with Crippen molar-refractivity contribution < 1.29 is 13.2 Å². The number of hydrogen-bond donors (Lipinski definition) is 2. The maximum absolute atomic E-state index is 12.5. The fraction of sp³-hybridized carbons (Fsp3) is 0.235. The summed E-state index contributed by atoms with van der Waals surface area (Å²) in [6, 6.07) is 11.9. The summed E-state index contributed by atoms with van der Waals surface area (Å²) in [5.41, 5.74) is 2.03. The van der Waals surface area contributed by atoms with Gasteiger partial charge in [-0.15, -0.1) is 0 Å². The normalized spacial score (nSPS) is 11.5. The topological polar surface area (TPSA) is 75.3 Å². The number of rotatable bonds is 5. The van der Waals surface area contributed by atoms with Crippen LogP contribution in [0, 0.1) is 0 Å². The predicted molar refractivity (Wildman–Crippen MR) is 98.9 cm³/mol. The third kappa shape index (κ3) is 4.23. The van der Waals surface area contributed by atoms with Crippen molar-refractivity contribution in [3.05, 3.63) is 58.1 Å². The Morgan fingerprint density at radius 3 is 2.46 bits per heavy atom. The molecule has 2 aromatic rings. The Labute approximate surface area is 150 Å². The average molecular weight is 411 g/mol. The lowest BCUT2D eigenvalue weighted by Crippen LogP contribution is -2.20. The third-order valence-electron chi connectivity index (χ3n) is 3.57. The van der Waals surface area contributed by atoms with Gasteiger partial charge in [0.05, 0.1) is 10.5 Å². The summed E-state index contributed by atoms with van der Waals surface area (Å²) in [6.45, 7) is 4.15. The fourth-order valence-electron chi connectivity index (χ4n) is 2.14. The molecule has 0 atom stereocenters. The van der Waals surface area contributed by atoms with Crippen molar-refractivity contribution in [3.63, 3.8) is 0 Å². The zero-order valence-corrected chi connectivity index (χ0v) is 16.0. The van der Waals surface area contributed by atoms with E-state index in [0.29, 0.717) is 16.1 Å². The van der Waals surface area contributed by atoms with Gasteiger partial charge in [0.1, 0.15) is 0 Å². The lowest BCUT2D eigenvalue weighted by atomic mass is 10.0. The number of benzene rings is 2. The SMILES string of the molecule is CNS(=O)(=O)c1ccc(Br)c(C(=O)Nc2cccc(C(C)C)c2)c1. The van der Waals surface area contributed by atoms with Crippen molar-refractivity contribution in [1.82, 2.24) is 4.72 Å². The molecule has 0 spiro atoms. The molecule has 0 bridgehead atoms. The molecule has 0 saturated heterocycles. The summed E-state index contributed by atoms with van der Waals surface area (Å²) in [4.78, 5) is 12.6. The number of anilines is 1. The van der Waals surface area contributed by atoms with Gasteiger partial charge in [0, 0.05) is 10.2 Å². The zero-order valence-electron chi connectivity index (χ0n) is 13.6. The summed E-state index contributed by atoms with van der Waals surface area (Å²) in [6.07, 6.45) is 0. The van der Waals surface area contributed by atoms with Crippen molar-refractivity contribution in [2.45, 2.75) is 24.7 Å². The van der Waals surface area contributed by atoms with E-state index in [2.05, 4.69) is 39.8 Å². The first-order chi connectivity index (χ1) is 11.2. The van der Waals surface area contributed by atoms with E-state index in [9.17, 15) is 13.2 Å². The molecule has 128 valence electrons. The molecule has 0 radical (unpaired) electrons. The van der Waals surface area contributed by atoms with E-state index in [-0.39, 0.29) is 16.4 Å². The quantitative estimate of drug-likeness (QED) is 0.787. The van der Waals surface area contributed by atoms with Crippen LogP contribution in [0.25, 0.3) is 0 Å². The van der Waals surface area contributed by atoms with Gasteiger partial charge in [0.2, 0.25) is 10.0 Å². The highest BCUT2D eigenvalue weighted by atomic mass is 79.9. The molecule has 0 fully saturated rings. The van der Waals surface area contributed by atoms with Crippen LogP contribution in [0.15, 0.2) is 51.8 Å². The highest BCUT2D eigenvalue weighted by Gasteiger charge is 2.17. The van der Waals surface area contributed by atoms with E-state index in [0.717, 1.165) is 5.56 Å². The molecule has 7 heteroatoms. The van der Waals surface area contributed by atoms with Crippen molar-refractivity contribution in [2.75, 3.05) is 12.4 Å². The monoisotopic (exact) mass is 410 g/mol. The summed E-state index contributed by atoms with van der Waals surface area (Å²) in [5.74, 6) is -0.0337. The number of amides is 1. The molecule has 1 amide bonds. The van der Waals surface area contributed by atoms with Crippen LogP contribution in [0.3, 0.4) is 0 Å². The summed E-state index contributed by atoms with van der Waals surface area (Å²) >= 11 is 3.29. The average Bonchev–Trinajstić information content (AvgIpc) is 2.55. The van der Waals surface area contributed by atoms with Crippen LogP contribution in [0.2, 0.25) is 0 Å². The van der Waals surface area contributed by atoms with Gasteiger partial charge in [0.25, 0.3) is 5.91 Å². The number of nitrogens with one attached hydrogen (secondary N) is 2. The van der Waals surface area contributed by atoms with Crippen LogP contribution in [-0.4, -0.2) is 21.4 Å². The summed E-state index contributed by atoms with van der Waals surface area (Å²) < 4.78 is 26.6.